The van der Waals surface area contributed by atoms with Crippen molar-refractivity contribution in [1.82, 2.24) is 19.7 Å². The largest absolute Gasteiger partial charge is 0.472 e. The van der Waals surface area contributed by atoms with Gasteiger partial charge in [0.1, 0.15) is 6.61 Å². The third kappa shape index (κ3) is 4.08. The van der Waals surface area contributed by atoms with Crippen molar-refractivity contribution in [1.29, 1.82) is 0 Å². The molecule has 0 N–H and O–H groups in total. The Morgan fingerprint density at radius 3 is 2.44 bits per heavy atom. The normalized spacial score (nSPS) is 11.6. The molecular formula is C16H12ClF3N4O. The third-order valence-electron chi connectivity index (χ3n) is 3.30. The van der Waals surface area contributed by atoms with Crippen molar-refractivity contribution in [3.63, 3.8) is 0 Å². The van der Waals surface area contributed by atoms with Crippen LogP contribution in [0.15, 0.2) is 42.9 Å². The molecule has 1 aromatic carbocycles. The van der Waals surface area contributed by atoms with Crippen LogP contribution in [0.1, 0.15) is 11.3 Å². The molecule has 5 nitrogen and oxygen atoms in total. The molecule has 0 amide bonds. The van der Waals surface area contributed by atoms with E-state index in [-0.39, 0.29) is 23.7 Å². The molecule has 0 saturated carbocycles. The summed E-state index contributed by atoms with van der Waals surface area (Å²) >= 11 is 5.80. The zero-order valence-corrected chi connectivity index (χ0v) is 13.7. The van der Waals surface area contributed by atoms with Gasteiger partial charge in [-0.05, 0) is 17.7 Å². The van der Waals surface area contributed by atoms with Crippen LogP contribution in [0.4, 0.5) is 13.2 Å². The maximum Gasteiger partial charge on any atom is 0.435 e. The van der Waals surface area contributed by atoms with Gasteiger partial charge in [-0.15, -0.1) is 0 Å². The first-order valence-corrected chi connectivity index (χ1v) is 7.51. The van der Waals surface area contributed by atoms with Gasteiger partial charge in [0, 0.05) is 18.3 Å². The average molecular weight is 369 g/mol. The van der Waals surface area contributed by atoms with Gasteiger partial charge in [-0.25, -0.2) is 9.97 Å². The van der Waals surface area contributed by atoms with E-state index in [1.165, 1.54) is 25.6 Å². The molecule has 0 aliphatic carbocycles. The minimum atomic E-state index is -4.57. The summed E-state index contributed by atoms with van der Waals surface area (Å²) in [6, 6.07) is 7.07. The number of hydrogen-bond acceptors (Lipinski definition) is 4. The number of aromatic nitrogens is 4. The van der Waals surface area contributed by atoms with Gasteiger partial charge in [-0.3, -0.25) is 4.68 Å². The number of benzene rings is 1. The summed E-state index contributed by atoms with van der Waals surface area (Å²) in [5, 5.41) is 4.06. The molecule has 0 saturated heterocycles. The number of rotatable bonds is 4. The van der Waals surface area contributed by atoms with Crippen LogP contribution in [-0.2, 0) is 19.8 Å². The second-order valence-electron chi connectivity index (χ2n) is 5.22. The summed E-state index contributed by atoms with van der Waals surface area (Å²) < 4.78 is 45.6. The maximum absolute atomic E-state index is 13.0. The van der Waals surface area contributed by atoms with Gasteiger partial charge in [0.15, 0.2) is 5.69 Å². The Balaban J connectivity index is 1.75. The number of nitrogens with zero attached hydrogens (tertiary/aromatic N) is 4. The molecule has 2 heterocycles. The van der Waals surface area contributed by atoms with Gasteiger partial charge in [-0.1, -0.05) is 23.7 Å². The predicted molar refractivity (Wildman–Crippen MR) is 85.0 cm³/mol. The highest BCUT2D eigenvalue weighted by atomic mass is 35.5. The van der Waals surface area contributed by atoms with Crippen molar-refractivity contribution in [2.45, 2.75) is 12.8 Å². The number of aryl methyl sites for hydroxylation is 1. The molecule has 0 spiro atoms. The van der Waals surface area contributed by atoms with Crippen molar-refractivity contribution >= 4 is 11.6 Å². The second kappa shape index (κ2) is 6.72. The van der Waals surface area contributed by atoms with Crippen LogP contribution in [0.3, 0.4) is 0 Å². The fourth-order valence-corrected chi connectivity index (χ4v) is 2.28. The SMILES string of the molecule is Cn1cc(-c2cnc(OCc3ccc(Cl)cc3)cn2)c(C(F)(F)F)n1. The Bertz CT molecular complexity index is 861. The average Bonchev–Trinajstić information content (AvgIpc) is 2.97. The Kier molecular flexibility index (Phi) is 4.63. The molecule has 0 bridgehead atoms. The van der Waals surface area contributed by atoms with Crippen molar-refractivity contribution < 1.29 is 17.9 Å². The first-order chi connectivity index (χ1) is 11.8. The molecule has 3 rings (SSSR count). The van der Waals surface area contributed by atoms with Gasteiger partial charge in [0.2, 0.25) is 5.88 Å². The lowest BCUT2D eigenvalue weighted by Crippen LogP contribution is -2.08. The molecule has 0 unspecified atom stereocenters. The molecular weight excluding hydrogens is 357 g/mol. The van der Waals surface area contributed by atoms with E-state index < -0.39 is 11.9 Å². The van der Waals surface area contributed by atoms with Crippen molar-refractivity contribution in [3.05, 3.63) is 59.1 Å². The smallest absolute Gasteiger partial charge is 0.435 e. The Labute approximate surface area is 146 Å². The van der Waals surface area contributed by atoms with Gasteiger partial charge in [-0.2, -0.15) is 18.3 Å². The highest BCUT2D eigenvalue weighted by Crippen LogP contribution is 2.35. The van der Waals surface area contributed by atoms with Gasteiger partial charge in [0.25, 0.3) is 0 Å². The lowest BCUT2D eigenvalue weighted by atomic mass is 10.2. The molecule has 0 aliphatic rings. The van der Waals surface area contributed by atoms with Crippen molar-refractivity contribution in [2.75, 3.05) is 0 Å². The molecule has 25 heavy (non-hydrogen) atoms. The summed E-state index contributed by atoms with van der Waals surface area (Å²) in [7, 11) is 1.41. The number of halogens is 4. The molecule has 0 atom stereocenters. The van der Waals surface area contributed by atoms with E-state index in [9.17, 15) is 13.2 Å². The molecule has 130 valence electrons. The van der Waals surface area contributed by atoms with Crippen LogP contribution in [-0.4, -0.2) is 19.7 Å². The first kappa shape index (κ1) is 17.2. The topological polar surface area (TPSA) is 52.8 Å². The van der Waals surface area contributed by atoms with Gasteiger partial charge >= 0.3 is 6.18 Å². The molecule has 0 fully saturated rings. The van der Waals surface area contributed by atoms with E-state index in [1.807, 2.05) is 0 Å². The fraction of sp³-hybridized carbons (Fsp3) is 0.188. The third-order valence-corrected chi connectivity index (χ3v) is 3.55. The van der Waals surface area contributed by atoms with E-state index in [4.69, 9.17) is 16.3 Å². The zero-order chi connectivity index (χ0) is 18.0. The van der Waals surface area contributed by atoms with Gasteiger partial charge < -0.3 is 4.74 Å². The molecule has 3 aromatic rings. The maximum atomic E-state index is 13.0. The minimum Gasteiger partial charge on any atom is -0.472 e. The number of ether oxygens (including phenoxy) is 1. The molecule has 9 heteroatoms. The minimum absolute atomic E-state index is 0.0688. The lowest BCUT2D eigenvalue weighted by Gasteiger charge is -2.07. The number of alkyl halides is 3. The van der Waals surface area contributed by atoms with E-state index >= 15 is 0 Å². The zero-order valence-electron chi connectivity index (χ0n) is 13.0. The molecule has 0 aliphatic heterocycles. The van der Waals surface area contributed by atoms with Crippen LogP contribution >= 0.6 is 11.6 Å². The second-order valence-corrected chi connectivity index (χ2v) is 5.65. The molecule has 2 aromatic heterocycles. The van der Waals surface area contributed by atoms with E-state index in [0.717, 1.165) is 10.2 Å². The Hall–Kier alpha value is -2.61. The quantitative estimate of drug-likeness (QED) is 0.695. The van der Waals surface area contributed by atoms with Gasteiger partial charge in [0.05, 0.1) is 23.7 Å². The summed E-state index contributed by atoms with van der Waals surface area (Å²) in [4.78, 5) is 8.01. The van der Waals surface area contributed by atoms with Crippen molar-refractivity contribution in [3.8, 4) is 17.1 Å². The lowest BCUT2D eigenvalue weighted by molar-refractivity contribution is -0.141. The fourth-order valence-electron chi connectivity index (χ4n) is 2.15. The monoisotopic (exact) mass is 368 g/mol. The summed E-state index contributed by atoms with van der Waals surface area (Å²) in [6.07, 6.45) is -0.815. The summed E-state index contributed by atoms with van der Waals surface area (Å²) in [6.45, 7) is 0.242. The summed E-state index contributed by atoms with van der Waals surface area (Å²) in [5.41, 5.74) is -0.188. The van der Waals surface area contributed by atoms with Crippen LogP contribution in [0.25, 0.3) is 11.3 Å². The van der Waals surface area contributed by atoms with E-state index in [1.54, 1.807) is 24.3 Å². The van der Waals surface area contributed by atoms with Crippen LogP contribution in [0, 0.1) is 0 Å². The van der Waals surface area contributed by atoms with Crippen LogP contribution in [0.5, 0.6) is 5.88 Å². The predicted octanol–water partition coefficient (Wildman–Crippen LogP) is 4.13. The summed E-state index contributed by atoms with van der Waals surface area (Å²) in [5.74, 6) is 0.205. The van der Waals surface area contributed by atoms with E-state index in [2.05, 4.69) is 15.1 Å². The Morgan fingerprint density at radius 2 is 1.84 bits per heavy atom. The van der Waals surface area contributed by atoms with Crippen LogP contribution < -0.4 is 4.74 Å². The van der Waals surface area contributed by atoms with E-state index in [0.29, 0.717) is 5.02 Å². The number of hydrogen-bond donors (Lipinski definition) is 0. The highest BCUT2D eigenvalue weighted by molar-refractivity contribution is 6.30. The first-order valence-electron chi connectivity index (χ1n) is 7.13. The standard InChI is InChI=1S/C16H12ClF3N4O/c1-24-8-12(15(23-24)16(18,19)20)13-6-22-14(7-21-13)25-9-10-2-4-11(17)5-3-10/h2-8H,9H2,1H3. The highest BCUT2D eigenvalue weighted by Gasteiger charge is 2.37. The van der Waals surface area contributed by atoms with Crippen LogP contribution in [0.2, 0.25) is 5.02 Å². The Morgan fingerprint density at radius 1 is 1.12 bits per heavy atom. The van der Waals surface area contributed by atoms with Crippen molar-refractivity contribution in [2.24, 2.45) is 7.05 Å². The molecule has 0 radical (unpaired) electrons.